The summed E-state index contributed by atoms with van der Waals surface area (Å²) in [5.74, 6) is 2.25. The molecule has 0 aliphatic carbocycles. The average molecular weight is 267 g/mol. The molecule has 0 aliphatic rings. The summed E-state index contributed by atoms with van der Waals surface area (Å²) in [5, 5.41) is 3.26. The minimum Gasteiger partial charge on any atom is -0.475 e. The molecule has 1 heterocycles. The van der Waals surface area contributed by atoms with Crippen molar-refractivity contribution in [3.8, 4) is 5.88 Å². The summed E-state index contributed by atoms with van der Waals surface area (Å²) in [6.07, 6.45) is 0. The lowest BCUT2D eigenvalue weighted by molar-refractivity contribution is 0.143. The second-order valence-corrected chi connectivity index (χ2v) is 5.45. The molecule has 0 saturated heterocycles. The highest BCUT2D eigenvalue weighted by atomic mass is 16.5. The van der Waals surface area contributed by atoms with Crippen molar-refractivity contribution in [3.63, 3.8) is 0 Å². The smallest absolute Gasteiger partial charge is 0.221 e. The molecular formula is C14H25N3O2. The fourth-order valence-corrected chi connectivity index (χ4v) is 1.53. The summed E-state index contributed by atoms with van der Waals surface area (Å²) in [6.45, 7) is 12.1. The number of methoxy groups -OCH3 is 1. The van der Waals surface area contributed by atoms with Crippen LogP contribution in [0.2, 0.25) is 0 Å². The van der Waals surface area contributed by atoms with Gasteiger partial charge < -0.3 is 14.8 Å². The molecule has 0 fully saturated rings. The van der Waals surface area contributed by atoms with Gasteiger partial charge >= 0.3 is 0 Å². The zero-order chi connectivity index (χ0) is 14.5. The van der Waals surface area contributed by atoms with E-state index in [4.69, 9.17) is 9.47 Å². The Morgan fingerprint density at radius 1 is 1.16 bits per heavy atom. The normalized spacial score (nSPS) is 11.5. The average Bonchev–Trinajstić information content (AvgIpc) is 2.32. The van der Waals surface area contributed by atoms with E-state index < -0.39 is 0 Å². The van der Waals surface area contributed by atoms with Gasteiger partial charge in [-0.2, -0.15) is 4.98 Å². The van der Waals surface area contributed by atoms with E-state index >= 15 is 0 Å². The molecule has 1 N–H and O–H groups in total. The molecule has 0 radical (unpaired) electrons. The summed E-state index contributed by atoms with van der Waals surface area (Å²) in [7, 11) is 1.65. The molecule has 5 heteroatoms. The first kappa shape index (κ1) is 15.7. The lowest BCUT2D eigenvalue weighted by atomic mass is 9.95. The van der Waals surface area contributed by atoms with Crippen LogP contribution in [-0.2, 0) is 10.2 Å². The van der Waals surface area contributed by atoms with E-state index in [9.17, 15) is 0 Å². The highest BCUT2D eigenvalue weighted by Gasteiger charge is 2.21. The molecule has 0 aromatic carbocycles. The second-order valence-electron chi connectivity index (χ2n) is 5.45. The van der Waals surface area contributed by atoms with E-state index in [1.54, 1.807) is 7.11 Å². The molecule has 1 aromatic rings. The third kappa shape index (κ3) is 4.35. The number of hydrogen-bond acceptors (Lipinski definition) is 5. The maximum Gasteiger partial charge on any atom is 0.221 e. The van der Waals surface area contributed by atoms with Gasteiger partial charge in [-0.05, 0) is 13.8 Å². The molecule has 0 atom stereocenters. The predicted octanol–water partition coefficient (Wildman–Crippen LogP) is 2.54. The maximum atomic E-state index is 5.68. The predicted molar refractivity (Wildman–Crippen MR) is 77.0 cm³/mol. The van der Waals surface area contributed by atoms with Gasteiger partial charge in [0.25, 0.3) is 0 Å². The molecule has 0 unspecified atom stereocenters. The topological polar surface area (TPSA) is 56.3 Å². The van der Waals surface area contributed by atoms with Gasteiger partial charge in [0.1, 0.15) is 18.2 Å². The Kier molecular flexibility index (Phi) is 5.54. The number of anilines is 1. The Morgan fingerprint density at radius 3 is 2.37 bits per heavy atom. The fourth-order valence-electron chi connectivity index (χ4n) is 1.53. The standard InChI is InChI=1S/C14H25N3O2/c1-7-15-11-10(2)12(19-9-8-18-6)17-13(16-11)14(3,4)5/h7-9H2,1-6H3,(H,15,16,17). The van der Waals surface area contributed by atoms with Gasteiger partial charge in [0, 0.05) is 19.1 Å². The Labute approximate surface area is 115 Å². The van der Waals surface area contributed by atoms with Gasteiger partial charge in [0.2, 0.25) is 5.88 Å². The minimum atomic E-state index is -0.114. The Morgan fingerprint density at radius 2 is 1.84 bits per heavy atom. The quantitative estimate of drug-likeness (QED) is 0.803. The molecule has 1 rings (SSSR count). The van der Waals surface area contributed by atoms with Gasteiger partial charge in [-0.25, -0.2) is 4.98 Å². The van der Waals surface area contributed by atoms with Crippen LogP contribution in [0.15, 0.2) is 0 Å². The van der Waals surface area contributed by atoms with E-state index in [2.05, 4.69) is 36.1 Å². The van der Waals surface area contributed by atoms with Crippen LogP contribution in [0, 0.1) is 6.92 Å². The molecule has 0 bridgehead atoms. The SMILES string of the molecule is CCNc1nc(C(C)(C)C)nc(OCCOC)c1C. The third-order valence-electron chi connectivity index (χ3n) is 2.64. The number of ether oxygens (including phenoxy) is 2. The van der Waals surface area contributed by atoms with Crippen LogP contribution in [-0.4, -0.2) is 36.8 Å². The van der Waals surface area contributed by atoms with Crippen molar-refractivity contribution in [2.45, 2.75) is 40.0 Å². The van der Waals surface area contributed by atoms with Gasteiger partial charge in [0.05, 0.1) is 12.2 Å². The van der Waals surface area contributed by atoms with E-state index in [-0.39, 0.29) is 5.41 Å². The van der Waals surface area contributed by atoms with Crippen molar-refractivity contribution in [2.75, 3.05) is 32.2 Å². The van der Waals surface area contributed by atoms with Crippen LogP contribution in [0.3, 0.4) is 0 Å². The zero-order valence-corrected chi connectivity index (χ0v) is 12.8. The van der Waals surface area contributed by atoms with E-state index in [0.717, 1.165) is 23.8 Å². The molecule has 0 amide bonds. The van der Waals surface area contributed by atoms with Crippen LogP contribution in [0.25, 0.3) is 0 Å². The van der Waals surface area contributed by atoms with Gasteiger partial charge in [-0.1, -0.05) is 20.8 Å². The molecular weight excluding hydrogens is 242 g/mol. The van der Waals surface area contributed by atoms with Crippen molar-refractivity contribution in [1.82, 2.24) is 9.97 Å². The number of hydrogen-bond donors (Lipinski definition) is 1. The minimum absolute atomic E-state index is 0.114. The van der Waals surface area contributed by atoms with Crippen molar-refractivity contribution in [3.05, 3.63) is 11.4 Å². The first-order valence-electron chi connectivity index (χ1n) is 6.64. The molecule has 5 nitrogen and oxygen atoms in total. The molecule has 0 saturated carbocycles. The number of aromatic nitrogens is 2. The lowest BCUT2D eigenvalue weighted by Crippen LogP contribution is -2.19. The third-order valence-corrected chi connectivity index (χ3v) is 2.64. The molecule has 0 aliphatic heterocycles. The van der Waals surface area contributed by atoms with Crippen molar-refractivity contribution in [2.24, 2.45) is 0 Å². The van der Waals surface area contributed by atoms with Crippen LogP contribution in [0.4, 0.5) is 5.82 Å². The van der Waals surface area contributed by atoms with Crippen molar-refractivity contribution >= 4 is 5.82 Å². The number of rotatable bonds is 6. The summed E-state index contributed by atoms with van der Waals surface area (Å²) in [6, 6.07) is 0. The monoisotopic (exact) mass is 267 g/mol. The van der Waals surface area contributed by atoms with Crippen LogP contribution < -0.4 is 10.1 Å². The lowest BCUT2D eigenvalue weighted by Gasteiger charge is -2.20. The second kappa shape index (κ2) is 6.70. The van der Waals surface area contributed by atoms with Crippen LogP contribution >= 0.6 is 0 Å². The highest BCUT2D eigenvalue weighted by molar-refractivity contribution is 5.49. The van der Waals surface area contributed by atoms with E-state index in [1.807, 2.05) is 13.8 Å². The molecule has 1 aromatic heterocycles. The molecule has 0 spiro atoms. The largest absolute Gasteiger partial charge is 0.475 e. The van der Waals surface area contributed by atoms with Crippen molar-refractivity contribution in [1.29, 1.82) is 0 Å². The summed E-state index contributed by atoms with van der Waals surface area (Å²) >= 11 is 0. The molecule has 19 heavy (non-hydrogen) atoms. The highest BCUT2D eigenvalue weighted by Crippen LogP contribution is 2.27. The maximum absolute atomic E-state index is 5.68. The Hall–Kier alpha value is -1.36. The summed E-state index contributed by atoms with van der Waals surface area (Å²) in [5.41, 5.74) is 0.822. The first-order valence-corrected chi connectivity index (χ1v) is 6.64. The Bertz CT molecular complexity index is 414. The van der Waals surface area contributed by atoms with Crippen LogP contribution in [0.5, 0.6) is 5.88 Å². The molecule has 108 valence electrons. The first-order chi connectivity index (χ1) is 8.90. The van der Waals surface area contributed by atoms with Crippen LogP contribution in [0.1, 0.15) is 39.1 Å². The van der Waals surface area contributed by atoms with Gasteiger partial charge in [0.15, 0.2) is 0 Å². The van der Waals surface area contributed by atoms with Gasteiger partial charge in [-0.15, -0.1) is 0 Å². The van der Waals surface area contributed by atoms with Gasteiger partial charge in [-0.3, -0.25) is 0 Å². The summed E-state index contributed by atoms with van der Waals surface area (Å²) in [4.78, 5) is 9.12. The van der Waals surface area contributed by atoms with E-state index in [1.165, 1.54) is 0 Å². The van der Waals surface area contributed by atoms with E-state index in [0.29, 0.717) is 19.1 Å². The summed E-state index contributed by atoms with van der Waals surface area (Å²) < 4.78 is 10.7. The fraction of sp³-hybridized carbons (Fsp3) is 0.714. The van der Waals surface area contributed by atoms with Crippen molar-refractivity contribution < 1.29 is 9.47 Å². The zero-order valence-electron chi connectivity index (χ0n) is 12.8. The number of nitrogens with one attached hydrogen (secondary N) is 1. The Balaban J connectivity index is 3.09. The number of nitrogens with zero attached hydrogens (tertiary/aromatic N) is 2.